The van der Waals surface area contributed by atoms with Gasteiger partial charge in [0.15, 0.2) is 0 Å². The Kier molecular flexibility index (Phi) is 6.46. The van der Waals surface area contributed by atoms with Gasteiger partial charge in [-0.3, -0.25) is 19.4 Å². The minimum Gasteiger partial charge on any atom is -0.369 e. The molecule has 0 atom stereocenters. The molecule has 0 radical (unpaired) electrons. The number of nitrogens with zero attached hydrogens (tertiary/aromatic N) is 3. The standard InChI is InChI=1S/C25H27N3O2/c29-24-9-6-10-25(30)28(24)16-5-4-15-26-17-19-27(20-18-26)23-13-11-22(12-14-23)21-7-2-1-3-8-21/h1-3,7-8,11-14H,6,9-10,15-20H2. The number of hydrogen-bond donors (Lipinski definition) is 0. The van der Waals surface area contributed by atoms with Crippen LogP contribution in [0.1, 0.15) is 19.3 Å². The van der Waals surface area contributed by atoms with Gasteiger partial charge in [-0.05, 0) is 29.7 Å². The number of rotatable bonds is 4. The third-order valence-corrected chi connectivity index (χ3v) is 5.76. The van der Waals surface area contributed by atoms with E-state index in [1.54, 1.807) is 0 Å². The summed E-state index contributed by atoms with van der Waals surface area (Å²) >= 11 is 0. The molecule has 2 aliphatic rings. The number of anilines is 1. The molecule has 154 valence electrons. The SMILES string of the molecule is O=C1CCCC(=O)N1CC#CCN1CCN(c2ccc(-c3ccccc3)cc2)CC1. The highest BCUT2D eigenvalue weighted by Gasteiger charge is 2.24. The van der Waals surface area contributed by atoms with Crippen molar-refractivity contribution in [1.29, 1.82) is 0 Å². The number of carbonyl (C=O) groups is 2. The largest absolute Gasteiger partial charge is 0.369 e. The van der Waals surface area contributed by atoms with Crippen LogP contribution in [0.4, 0.5) is 5.69 Å². The second-order valence-corrected chi connectivity index (χ2v) is 7.76. The van der Waals surface area contributed by atoms with Crippen LogP contribution in [0.25, 0.3) is 11.1 Å². The lowest BCUT2D eigenvalue weighted by molar-refractivity contribution is -0.147. The molecule has 2 aromatic carbocycles. The maximum Gasteiger partial charge on any atom is 0.230 e. The first-order valence-corrected chi connectivity index (χ1v) is 10.6. The number of likely N-dealkylation sites (tertiary alicyclic amines) is 1. The Morgan fingerprint density at radius 2 is 1.30 bits per heavy atom. The van der Waals surface area contributed by atoms with Crippen molar-refractivity contribution in [3.63, 3.8) is 0 Å². The van der Waals surface area contributed by atoms with Crippen LogP contribution < -0.4 is 4.90 Å². The van der Waals surface area contributed by atoms with Gasteiger partial charge in [0.25, 0.3) is 0 Å². The first-order chi connectivity index (χ1) is 14.7. The van der Waals surface area contributed by atoms with E-state index in [-0.39, 0.29) is 18.4 Å². The number of benzene rings is 2. The third kappa shape index (κ3) is 4.90. The first-order valence-electron chi connectivity index (χ1n) is 10.6. The molecular weight excluding hydrogens is 374 g/mol. The molecule has 0 aromatic heterocycles. The number of piperazine rings is 1. The van der Waals surface area contributed by atoms with E-state index in [0.29, 0.717) is 25.8 Å². The van der Waals surface area contributed by atoms with E-state index in [4.69, 9.17) is 0 Å². The average Bonchev–Trinajstić information content (AvgIpc) is 2.79. The van der Waals surface area contributed by atoms with Crippen LogP contribution in [0.5, 0.6) is 0 Å². The summed E-state index contributed by atoms with van der Waals surface area (Å²) < 4.78 is 0. The summed E-state index contributed by atoms with van der Waals surface area (Å²) in [7, 11) is 0. The number of amides is 2. The molecule has 5 nitrogen and oxygen atoms in total. The fourth-order valence-electron chi connectivity index (χ4n) is 3.94. The predicted octanol–water partition coefficient (Wildman–Crippen LogP) is 3.02. The molecular formula is C25H27N3O2. The fourth-order valence-corrected chi connectivity index (χ4v) is 3.94. The molecule has 2 aromatic rings. The van der Waals surface area contributed by atoms with Crippen molar-refractivity contribution in [2.45, 2.75) is 19.3 Å². The Bertz CT molecular complexity index is 920. The zero-order valence-corrected chi connectivity index (χ0v) is 17.2. The monoisotopic (exact) mass is 401 g/mol. The van der Waals surface area contributed by atoms with Gasteiger partial charge < -0.3 is 4.90 Å². The minimum atomic E-state index is -0.0903. The molecule has 4 rings (SSSR count). The van der Waals surface area contributed by atoms with Crippen molar-refractivity contribution in [3.8, 4) is 23.0 Å². The predicted molar refractivity (Wildman–Crippen MR) is 119 cm³/mol. The number of imide groups is 1. The fraction of sp³-hybridized carbons (Fsp3) is 0.360. The van der Waals surface area contributed by atoms with Crippen LogP contribution >= 0.6 is 0 Å². The lowest BCUT2D eigenvalue weighted by Gasteiger charge is -2.35. The average molecular weight is 402 g/mol. The number of piperidine rings is 1. The zero-order valence-electron chi connectivity index (χ0n) is 17.2. The maximum absolute atomic E-state index is 11.8. The van der Waals surface area contributed by atoms with E-state index in [9.17, 15) is 9.59 Å². The summed E-state index contributed by atoms with van der Waals surface area (Å²) in [6, 6.07) is 19.2. The Morgan fingerprint density at radius 3 is 1.97 bits per heavy atom. The van der Waals surface area contributed by atoms with Crippen LogP contribution in [0.15, 0.2) is 54.6 Å². The van der Waals surface area contributed by atoms with Crippen molar-refractivity contribution in [1.82, 2.24) is 9.80 Å². The summed E-state index contributed by atoms with van der Waals surface area (Å²) in [5, 5.41) is 0. The van der Waals surface area contributed by atoms with Crippen LogP contribution in [0.2, 0.25) is 0 Å². The molecule has 0 unspecified atom stereocenters. The van der Waals surface area contributed by atoms with E-state index in [1.165, 1.54) is 21.7 Å². The van der Waals surface area contributed by atoms with E-state index < -0.39 is 0 Å². The number of carbonyl (C=O) groups excluding carboxylic acids is 2. The summed E-state index contributed by atoms with van der Waals surface area (Å²) in [4.78, 5) is 29.6. The van der Waals surface area contributed by atoms with E-state index in [2.05, 4.69) is 70.2 Å². The first kappa shape index (κ1) is 20.2. The van der Waals surface area contributed by atoms with Gasteiger partial charge in [-0.25, -0.2) is 0 Å². The Morgan fingerprint density at radius 1 is 0.700 bits per heavy atom. The molecule has 2 aliphatic heterocycles. The Hall–Kier alpha value is -3.10. The number of hydrogen-bond acceptors (Lipinski definition) is 4. The second-order valence-electron chi connectivity index (χ2n) is 7.76. The molecule has 2 amide bonds. The summed E-state index contributed by atoms with van der Waals surface area (Å²) in [6.07, 6.45) is 1.59. The van der Waals surface area contributed by atoms with Gasteiger partial charge in [-0.15, -0.1) is 0 Å². The smallest absolute Gasteiger partial charge is 0.230 e. The molecule has 30 heavy (non-hydrogen) atoms. The Labute approximate surface area is 178 Å². The van der Waals surface area contributed by atoms with Crippen LogP contribution in [-0.4, -0.2) is 60.9 Å². The highest BCUT2D eigenvalue weighted by Crippen LogP contribution is 2.23. The van der Waals surface area contributed by atoms with Gasteiger partial charge >= 0.3 is 0 Å². The van der Waals surface area contributed by atoms with Crippen LogP contribution in [-0.2, 0) is 9.59 Å². The normalized spacial score (nSPS) is 17.6. The van der Waals surface area contributed by atoms with Gasteiger partial charge in [0.05, 0.1) is 13.1 Å². The topological polar surface area (TPSA) is 43.9 Å². The van der Waals surface area contributed by atoms with Gasteiger partial charge in [0.2, 0.25) is 11.8 Å². The molecule has 0 spiro atoms. The Balaban J connectivity index is 1.24. The van der Waals surface area contributed by atoms with Gasteiger partial charge in [0, 0.05) is 44.7 Å². The summed E-state index contributed by atoms with van der Waals surface area (Å²) in [5.74, 6) is 5.96. The van der Waals surface area contributed by atoms with Crippen molar-refractivity contribution in [3.05, 3.63) is 54.6 Å². The lowest BCUT2D eigenvalue weighted by atomic mass is 10.1. The third-order valence-electron chi connectivity index (χ3n) is 5.76. The summed E-state index contributed by atoms with van der Waals surface area (Å²) in [5.41, 5.74) is 3.72. The highest BCUT2D eigenvalue weighted by atomic mass is 16.2. The van der Waals surface area contributed by atoms with Gasteiger partial charge in [0.1, 0.15) is 0 Å². The van der Waals surface area contributed by atoms with Crippen molar-refractivity contribution in [2.24, 2.45) is 0 Å². The molecule has 0 bridgehead atoms. The minimum absolute atomic E-state index is 0.0903. The molecule has 0 aliphatic carbocycles. The van der Waals surface area contributed by atoms with Gasteiger partial charge in [-0.1, -0.05) is 54.3 Å². The van der Waals surface area contributed by atoms with Crippen LogP contribution in [0, 0.1) is 11.8 Å². The van der Waals surface area contributed by atoms with Crippen molar-refractivity contribution >= 4 is 17.5 Å². The summed E-state index contributed by atoms with van der Waals surface area (Å²) in [6.45, 7) is 4.75. The van der Waals surface area contributed by atoms with Crippen molar-refractivity contribution in [2.75, 3.05) is 44.2 Å². The highest BCUT2D eigenvalue weighted by molar-refractivity contribution is 5.97. The van der Waals surface area contributed by atoms with Crippen molar-refractivity contribution < 1.29 is 9.59 Å². The maximum atomic E-state index is 11.8. The van der Waals surface area contributed by atoms with E-state index in [1.807, 2.05) is 6.07 Å². The molecule has 2 saturated heterocycles. The van der Waals surface area contributed by atoms with E-state index in [0.717, 1.165) is 26.2 Å². The molecule has 2 fully saturated rings. The zero-order chi connectivity index (χ0) is 20.8. The molecule has 5 heteroatoms. The van der Waals surface area contributed by atoms with Crippen LogP contribution in [0.3, 0.4) is 0 Å². The second kappa shape index (κ2) is 9.60. The lowest BCUT2D eigenvalue weighted by Crippen LogP contribution is -2.46. The molecule has 0 saturated carbocycles. The van der Waals surface area contributed by atoms with E-state index >= 15 is 0 Å². The molecule has 0 N–H and O–H groups in total. The van der Waals surface area contributed by atoms with Gasteiger partial charge in [-0.2, -0.15) is 0 Å². The quantitative estimate of drug-likeness (QED) is 0.584. The molecule has 2 heterocycles.